The molecule has 32 heavy (non-hydrogen) atoms. The van der Waals surface area contributed by atoms with E-state index in [1.807, 2.05) is 45.0 Å². The second-order valence-electron chi connectivity index (χ2n) is 7.86. The van der Waals surface area contributed by atoms with Crippen molar-refractivity contribution in [2.75, 3.05) is 5.75 Å². The first-order chi connectivity index (χ1) is 15.2. The molecule has 2 atom stereocenters. The van der Waals surface area contributed by atoms with Crippen molar-refractivity contribution in [3.05, 3.63) is 75.3 Å². The van der Waals surface area contributed by atoms with Gasteiger partial charge in [-0.25, -0.2) is 0 Å². The van der Waals surface area contributed by atoms with Gasteiger partial charge in [0, 0.05) is 30.5 Å². The molecule has 0 fully saturated rings. The Balaban J connectivity index is 2.07. The lowest BCUT2D eigenvalue weighted by atomic mass is 10.1. The highest BCUT2D eigenvalue weighted by atomic mass is 32.2. The van der Waals surface area contributed by atoms with Gasteiger partial charge in [0.05, 0.1) is 10.7 Å². The Hall–Kier alpha value is -2.87. The minimum absolute atomic E-state index is 0.0388. The normalized spacial score (nSPS) is 12.6. The first-order valence-electron chi connectivity index (χ1n) is 10.7. The molecular formula is C24H31N3O4S. The molecule has 0 radical (unpaired) electrons. The molecule has 2 amide bonds. The van der Waals surface area contributed by atoms with Gasteiger partial charge in [-0.3, -0.25) is 19.7 Å². The van der Waals surface area contributed by atoms with Crippen LogP contribution in [0.25, 0.3) is 0 Å². The first kappa shape index (κ1) is 25.4. The average Bonchev–Trinajstić information content (AvgIpc) is 2.78. The Labute approximate surface area is 193 Å². The molecule has 0 aromatic heterocycles. The van der Waals surface area contributed by atoms with Crippen LogP contribution in [0.15, 0.2) is 48.5 Å². The van der Waals surface area contributed by atoms with Crippen LogP contribution < -0.4 is 5.32 Å². The Morgan fingerprint density at radius 2 is 1.78 bits per heavy atom. The number of nitrogens with zero attached hydrogens (tertiary/aromatic N) is 2. The fraction of sp³-hybridized carbons (Fsp3) is 0.417. The maximum Gasteiger partial charge on any atom is 0.269 e. The third kappa shape index (κ3) is 7.37. The van der Waals surface area contributed by atoms with Gasteiger partial charge < -0.3 is 10.2 Å². The molecule has 2 rings (SSSR count). The smallest absolute Gasteiger partial charge is 0.269 e. The summed E-state index contributed by atoms with van der Waals surface area (Å²) in [6, 6.07) is 13.6. The first-order valence-corrected chi connectivity index (χ1v) is 11.8. The summed E-state index contributed by atoms with van der Waals surface area (Å²) in [6.07, 6.45) is 0.815. The number of nitro groups is 1. The van der Waals surface area contributed by atoms with Gasteiger partial charge in [0.2, 0.25) is 11.8 Å². The Morgan fingerprint density at radius 1 is 1.12 bits per heavy atom. The zero-order valence-corrected chi connectivity index (χ0v) is 19.9. The molecule has 0 aliphatic rings. The molecule has 0 bridgehead atoms. The summed E-state index contributed by atoms with van der Waals surface area (Å²) in [5.41, 5.74) is 3.02. The van der Waals surface area contributed by atoms with Gasteiger partial charge in [-0.2, -0.15) is 0 Å². The molecule has 0 aliphatic heterocycles. The zero-order valence-electron chi connectivity index (χ0n) is 19.0. The van der Waals surface area contributed by atoms with Crippen LogP contribution in [-0.2, 0) is 21.9 Å². The van der Waals surface area contributed by atoms with E-state index in [0.29, 0.717) is 12.3 Å². The summed E-state index contributed by atoms with van der Waals surface area (Å²) in [7, 11) is 0. The number of thioether (sulfide) groups is 1. The van der Waals surface area contributed by atoms with E-state index in [2.05, 4.69) is 5.32 Å². The minimum Gasteiger partial charge on any atom is -0.352 e. The number of hydrogen-bond acceptors (Lipinski definition) is 5. The monoisotopic (exact) mass is 457 g/mol. The molecule has 0 spiro atoms. The molecule has 2 aromatic rings. The number of carbonyl (C=O) groups is 2. The largest absolute Gasteiger partial charge is 0.352 e. The van der Waals surface area contributed by atoms with Crippen molar-refractivity contribution >= 4 is 29.3 Å². The van der Waals surface area contributed by atoms with E-state index >= 15 is 0 Å². The van der Waals surface area contributed by atoms with E-state index in [4.69, 9.17) is 0 Å². The van der Waals surface area contributed by atoms with Crippen LogP contribution in [0.5, 0.6) is 0 Å². The van der Waals surface area contributed by atoms with Crippen molar-refractivity contribution in [3.8, 4) is 0 Å². The topological polar surface area (TPSA) is 92.6 Å². The van der Waals surface area contributed by atoms with Crippen molar-refractivity contribution in [1.82, 2.24) is 10.2 Å². The van der Waals surface area contributed by atoms with E-state index in [-0.39, 0.29) is 29.3 Å². The second-order valence-corrected chi connectivity index (χ2v) is 8.84. The zero-order chi connectivity index (χ0) is 23.7. The van der Waals surface area contributed by atoms with Crippen LogP contribution >= 0.6 is 11.8 Å². The van der Waals surface area contributed by atoms with E-state index < -0.39 is 11.0 Å². The summed E-state index contributed by atoms with van der Waals surface area (Å²) >= 11 is 1.43. The molecule has 0 heterocycles. The van der Waals surface area contributed by atoms with Crippen LogP contribution in [0.3, 0.4) is 0 Å². The van der Waals surface area contributed by atoms with Crippen LogP contribution in [0.1, 0.15) is 43.9 Å². The highest BCUT2D eigenvalue weighted by Crippen LogP contribution is 2.19. The summed E-state index contributed by atoms with van der Waals surface area (Å²) in [5.74, 6) is 0.479. The molecule has 7 nitrogen and oxygen atoms in total. The molecular weight excluding hydrogens is 426 g/mol. The van der Waals surface area contributed by atoms with Crippen molar-refractivity contribution in [1.29, 1.82) is 0 Å². The quantitative estimate of drug-likeness (QED) is 0.397. The highest BCUT2D eigenvalue weighted by molar-refractivity contribution is 7.99. The fourth-order valence-corrected chi connectivity index (χ4v) is 3.94. The molecule has 0 aliphatic carbocycles. The average molecular weight is 458 g/mol. The van der Waals surface area contributed by atoms with Crippen LogP contribution in [-0.4, -0.2) is 39.5 Å². The number of hydrogen-bond donors (Lipinski definition) is 1. The van der Waals surface area contributed by atoms with Crippen molar-refractivity contribution in [3.63, 3.8) is 0 Å². The standard InChI is InChI=1S/C24H31N3O4S/c1-5-18(3)25-24(29)19(4)26(14-21-9-7-6-8-17(21)2)23(28)16-32-15-20-10-12-22(13-11-20)27(30)31/h6-13,18-19H,5,14-16H2,1-4H3,(H,25,29). The molecule has 172 valence electrons. The number of rotatable bonds is 11. The third-order valence-corrected chi connectivity index (χ3v) is 6.40. The van der Waals surface area contributed by atoms with Crippen molar-refractivity contribution in [2.24, 2.45) is 0 Å². The summed E-state index contributed by atoms with van der Waals surface area (Å²) in [4.78, 5) is 37.9. The lowest BCUT2D eigenvalue weighted by Gasteiger charge is -2.30. The van der Waals surface area contributed by atoms with Crippen molar-refractivity contribution in [2.45, 2.75) is 58.5 Å². The lowest BCUT2D eigenvalue weighted by Crippen LogP contribution is -2.50. The Bertz CT molecular complexity index is 933. The van der Waals surface area contributed by atoms with Gasteiger partial charge in [0.1, 0.15) is 6.04 Å². The molecule has 0 saturated carbocycles. The van der Waals surface area contributed by atoms with Gasteiger partial charge in [-0.1, -0.05) is 43.3 Å². The molecule has 8 heteroatoms. The second kappa shape index (κ2) is 12.2. The van der Waals surface area contributed by atoms with E-state index in [0.717, 1.165) is 23.1 Å². The van der Waals surface area contributed by atoms with Crippen LogP contribution in [0.2, 0.25) is 0 Å². The van der Waals surface area contributed by atoms with Gasteiger partial charge in [0.15, 0.2) is 0 Å². The third-order valence-electron chi connectivity index (χ3n) is 5.41. The molecule has 2 unspecified atom stereocenters. The predicted molar refractivity (Wildman–Crippen MR) is 128 cm³/mol. The van der Waals surface area contributed by atoms with Crippen molar-refractivity contribution < 1.29 is 14.5 Å². The van der Waals surface area contributed by atoms with Gasteiger partial charge in [-0.15, -0.1) is 11.8 Å². The van der Waals surface area contributed by atoms with E-state index in [1.165, 1.54) is 23.9 Å². The summed E-state index contributed by atoms with van der Waals surface area (Å²) in [5, 5.41) is 13.8. The Morgan fingerprint density at radius 3 is 2.38 bits per heavy atom. The van der Waals surface area contributed by atoms with E-state index in [9.17, 15) is 19.7 Å². The summed E-state index contributed by atoms with van der Waals surface area (Å²) in [6.45, 7) is 8.05. The fourth-order valence-electron chi connectivity index (χ4n) is 3.07. The number of carbonyl (C=O) groups excluding carboxylic acids is 2. The SMILES string of the molecule is CCC(C)NC(=O)C(C)N(Cc1ccccc1C)C(=O)CSCc1ccc([N+](=O)[O-])cc1. The number of benzene rings is 2. The minimum atomic E-state index is -0.601. The molecule has 0 saturated heterocycles. The Kier molecular flexibility index (Phi) is 9.71. The number of aryl methyl sites for hydroxylation is 1. The number of nitrogens with one attached hydrogen (secondary N) is 1. The maximum atomic E-state index is 13.1. The van der Waals surface area contributed by atoms with E-state index in [1.54, 1.807) is 24.0 Å². The van der Waals surface area contributed by atoms with Gasteiger partial charge in [-0.05, 0) is 43.9 Å². The predicted octanol–water partition coefficient (Wildman–Crippen LogP) is 4.47. The number of nitro benzene ring substituents is 1. The van der Waals surface area contributed by atoms with Gasteiger partial charge in [0.25, 0.3) is 5.69 Å². The van der Waals surface area contributed by atoms with Crippen LogP contribution in [0, 0.1) is 17.0 Å². The van der Waals surface area contributed by atoms with Gasteiger partial charge >= 0.3 is 0 Å². The number of non-ortho nitro benzene ring substituents is 1. The lowest BCUT2D eigenvalue weighted by molar-refractivity contribution is -0.384. The molecule has 1 N–H and O–H groups in total. The summed E-state index contributed by atoms with van der Waals surface area (Å²) < 4.78 is 0. The maximum absolute atomic E-state index is 13.1. The molecule has 2 aromatic carbocycles. The van der Waals surface area contributed by atoms with Crippen LogP contribution in [0.4, 0.5) is 5.69 Å². The number of amides is 2. The highest BCUT2D eigenvalue weighted by Gasteiger charge is 2.27.